The maximum atomic E-state index is 14.9. The summed E-state index contributed by atoms with van der Waals surface area (Å²) in [6.07, 6.45) is 4.54. The third-order valence-corrected chi connectivity index (χ3v) is 13.8. The Morgan fingerprint density at radius 2 is 1.40 bits per heavy atom. The molecule has 4 aliphatic heterocycles. The standard InChI is InChI=1S/C34H34ClFN4O5.C14H15ClN2O3/c1-34(23-8-7-21(35)17-24(23)36)44-30-5-3-4-28(32(30)45-34)39-14-13-38(26-10-11-27(26)39)19-31-37-25-9-6-20(33(41)42-2)16-29(25)40(31)18-22-12-15-43-22;1-19-14(18)9-2-3-11-12(6-9)17(13(7-15)16-11)8-10-4-5-20-10/h3-9,16-17,22,26-27H,10-15,18-19H2,1-2H3;2-3,6,10H,4-5,7-8H2,1H3/t22-,26+,27-,34?;10-/m00/s1. The molecule has 0 bridgehead atoms. The molecule has 3 saturated heterocycles. The van der Waals surface area contributed by atoms with Crippen LogP contribution in [0.2, 0.25) is 5.02 Å². The Bertz CT molecular complexity index is 2790. The molecule has 4 aromatic carbocycles. The number of aromatic nitrogens is 4. The van der Waals surface area contributed by atoms with E-state index in [0.717, 1.165) is 91.4 Å². The fourth-order valence-corrected chi connectivity index (χ4v) is 9.90. The molecule has 0 radical (unpaired) electrons. The summed E-state index contributed by atoms with van der Waals surface area (Å²) in [5.41, 5.74) is 5.78. The number of halogens is 3. The van der Waals surface area contributed by atoms with Crippen LogP contribution in [0.5, 0.6) is 11.5 Å². The van der Waals surface area contributed by atoms with Crippen LogP contribution in [0.3, 0.4) is 0 Å². The molecule has 2 aromatic heterocycles. The van der Waals surface area contributed by atoms with Gasteiger partial charge >= 0.3 is 11.9 Å². The SMILES string of the molecule is COC(=O)c1ccc2nc(CCl)n(C[C@@H]3CCO3)c2c1.COC(=O)c1ccc2nc(CN3CCN(c4cccc5c4OC(C)(c4ccc(Cl)cc4F)O5)[C@H]4CC[C@H]43)n(C[C@@H]3CCO3)c2c1. The van der Waals surface area contributed by atoms with Gasteiger partial charge in [0.25, 0.3) is 5.79 Å². The molecule has 6 aromatic rings. The van der Waals surface area contributed by atoms with E-state index in [2.05, 4.69) is 25.4 Å². The van der Waals surface area contributed by atoms with E-state index in [0.29, 0.717) is 70.8 Å². The number of alkyl halides is 1. The zero-order chi connectivity index (χ0) is 45.0. The molecular weight excluding hydrogens is 878 g/mol. The molecule has 4 fully saturated rings. The van der Waals surface area contributed by atoms with Crippen molar-refractivity contribution in [3.8, 4) is 11.5 Å². The van der Waals surface area contributed by atoms with Gasteiger partial charge in [0.2, 0.25) is 0 Å². The van der Waals surface area contributed by atoms with Crippen molar-refractivity contribution in [2.45, 2.75) is 88.2 Å². The Morgan fingerprint density at radius 3 is 1.95 bits per heavy atom. The Morgan fingerprint density at radius 1 is 0.785 bits per heavy atom. The van der Waals surface area contributed by atoms with Gasteiger partial charge in [0.05, 0.1) is 96.4 Å². The van der Waals surface area contributed by atoms with Crippen LogP contribution in [-0.4, -0.2) is 101 Å². The normalized spacial score (nSPS) is 23.2. The smallest absolute Gasteiger partial charge is 0.337 e. The number of piperazine rings is 1. The van der Waals surface area contributed by atoms with Crippen LogP contribution in [0.4, 0.5) is 10.1 Å². The Hall–Kier alpha value is -5.45. The van der Waals surface area contributed by atoms with Gasteiger partial charge in [0.1, 0.15) is 17.5 Å². The second-order valence-corrected chi connectivity index (χ2v) is 17.8. The highest BCUT2D eigenvalue weighted by Gasteiger charge is 2.47. The number of imidazole rings is 2. The number of carbonyl (C=O) groups is 2. The van der Waals surface area contributed by atoms with Crippen molar-refractivity contribution in [1.82, 2.24) is 24.0 Å². The number of anilines is 1. The van der Waals surface area contributed by atoms with Crippen LogP contribution >= 0.6 is 23.2 Å². The number of para-hydroxylation sites is 1. The number of hydrogen-bond donors (Lipinski definition) is 0. The zero-order valence-electron chi connectivity index (χ0n) is 36.3. The first-order chi connectivity index (χ1) is 31.5. The number of benzene rings is 4. The lowest BCUT2D eigenvalue weighted by atomic mass is 9.81. The highest BCUT2D eigenvalue weighted by Crippen LogP contribution is 2.52. The zero-order valence-corrected chi connectivity index (χ0v) is 37.8. The van der Waals surface area contributed by atoms with Crippen LogP contribution in [0.1, 0.15) is 70.5 Å². The number of rotatable bonds is 11. The van der Waals surface area contributed by atoms with E-state index in [9.17, 15) is 14.0 Å². The van der Waals surface area contributed by atoms with Gasteiger partial charge in [-0.3, -0.25) is 4.90 Å². The van der Waals surface area contributed by atoms with Crippen LogP contribution < -0.4 is 14.4 Å². The van der Waals surface area contributed by atoms with Gasteiger partial charge in [-0.15, -0.1) is 11.6 Å². The van der Waals surface area contributed by atoms with E-state index in [-0.39, 0.29) is 24.1 Å². The summed E-state index contributed by atoms with van der Waals surface area (Å²) in [5, 5.41) is 0.322. The lowest BCUT2D eigenvalue weighted by molar-refractivity contribution is -0.0706. The van der Waals surface area contributed by atoms with Gasteiger partial charge in [-0.05, 0) is 92.4 Å². The van der Waals surface area contributed by atoms with Gasteiger partial charge < -0.3 is 42.5 Å². The second-order valence-electron chi connectivity index (χ2n) is 17.1. The minimum Gasteiger partial charge on any atom is -0.465 e. The molecule has 11 rings (SSSR count). The Balaban J connectivity index is 0.000000208. The van der Waals surface area contributed by atoms with Gasteiger partial charge in [-0.1, -0.05) is 17.7 Å². The van der Waals surface area contributed by atoms with Crippen LogP contribution in [0.25, 0.3) is 22.1 Å². The molecule has 1 saturated carbocycles. The van der Waals surface area contributed by atoms with E-state index in [1.54, 1.807) is 37.3 Å². The molecule has 5 aliphatic rings. The predicted molar refractivity (Wildman–Crippen MR) is 241 cm³/mol. The monoisotopic (exact) mass is 926 g/mol. The minimum atomic E-state index is -1.30. The Labute approximate surface area is 385 Å². The molecule has 14 nitrogen and oxygen atoms in total. The fourth-order valence-electron chi connectivity index (χ4n) is 9.54. The molecule has 340 valence electrons. The van der Waals surface area contributed by atoms with Crippen molar-refractivity contribution in [2.24, 2.45) is 0 Å². The highest BCUT2D eigenvalue weighted by molar-refractivity contribution is 6.30. The largest absolute Gasteiger partial charge is 0.465 e. The Kier molecular flexibility index (Phi) is 11.9. The first-order valence-electron chi connectivity index (χ1n) is 22.0. The van der Waals surface area contributed by atoms with E-state index < -0.39 is 11.6 Å². The van der Waals surface area contributed by atoms with Gasteiger partial charge in [-0.25, -0.2) is 23.9 Å². The molecule has 1 unspecified atom stereocenters. The van der Waals surface area contributed by atoms with Crippen molar-refractivity contribution in [2.75, 3.05) is 45.4 Å². The lowest BCUT2D eigenvalue weighted by Gasteiger charge is -2.54. The molecule has 17 heteroatoms. The molecular formula is C48H49Cl2FN6O8. The predicted octanol–water partition coefficient (Wildman–Crippen LogP) is 8.25. The topological polar surface area (TPSA) is 132 Å². The molecule has 0 amide bonds. The van der Waals surface area contributed by atoms with Gasteiger partial charge in [-0.2, -0.15) is 0 Å². The first kappa shape index (κ1) is 43.4. The number of carbonyl (C=O) groups excluding carboxylic acids is 2. The summed E-state index contributed by atoms with van der Waals surface area (Å²) in [7, 11) is 2.77. The van der Waals surface area contributed by atoms with Crippen LogP contribution in [-0.2, 0) is 50.2 Å². The average Bonchev–Trinajstić information content (AvgIpc) is 3.92. The quantitative estimate of drug-likeness (QED) is 0.0916. The summed E-state index contributed by atoms with van der Waals surface area (Å²) < 4.78 is 52.8. The summed E-state index contributed by atoms with van der Waals surface area (Å²) in [5.74, 6) is 0.840. The molecule has 6 heterocycles. The van der Waals surface area contributed by atoms with Gasteiger partial charge in [0.15, 0.2) is 11.5 Å². The van der Waals surface area contributed by atoms with Crippen LogP contribution in [0.15, 0.2) is 72.8 Å². The van der Waals surface area contributed by atoms with Crippen molar-refractivity contribution in [3.05, 3.63) is 112 Å². The molecule has 65 heavy (non-hydrogen) atoms. The number of ether oxygens (including phenoxy) is 6. The van der Waals surface area contributed by atoms with Crippen molar-refractivity contribution in [1.29, 1.82) is 0 Å². The lowest BCUT2D eigenvalue weighted by Crippen LogP contribution is -2.64. The third kappa shape index (κ3) is 8.15. The number of hydrogen-bond acceptors (Lipinski definition) is 12. The number of esters is 2. The maximum absolute atomic E-state index is 14.9. The second kappa shape index (κ2) is 17.7. The van der Waals surface area contributed by atoms with E-state index in [1.165, 1.54) is 20.3 Å². The summed E-state index contributed by atoms with van der Waals surface area (Å²) in [4.78, 5) is 38.4. The van der Waals surface area contributed by atoms with Crippen molar-refractivity contribution in [3.63, 3.8) is 0 Å². The van der Waals surface area contributed by atoms with Crippen molar-refractivity contribution >= 4 is 62.9 Å². The maximum Gasteiger partial charge on any atom is 0.337 e. The molecule has 1 aliphatic carbocycles. The number of methoxy groups -OCH3 is 2. The molecule has 0 N–H and O–H groups in total. The number of nitrogens with zero attached hydrogens (tertiary/aromatic N) is 6. The molecule has 5 atom stereocenters. The van der Waals surface area contributed by atoms with Crippen LogP contribution in [0, 0.1) is 5.82 Å². The minimum absolute atomic E-state index is 0.144. The average molecular weight is 928 g/mol. The fraction of sp³-hybridized carbons (Fsp3) is 0.417. The summed E-state index contributed by atoms with van der Waals surface area (Å²) in [6, 6.07) is 21.9. The highest BCUT2D eigenvalue weighted by atomic mass is 35.5. The van der Waals surface area contributed by atoms with E-state index in [1.807, 2.05) is 34.9 Å². The number of fused-ring (bicyclic) bond motifs is 4. The summed E-state index contributed by atoms with van der Waals surface area (Å²) >= 11 is 12.0. The van der Waals surface area contributed by atoms with E-state index in [4.69, 9.17) is 56.6 Å². The van der Waals surface area contributed by atoms with Crippen molar-refractivity contribution < 1.29 is 42.4 Å². The molecule has 0 spiro atoms. The third-order valence-electron chi connectivity index (χ3n) is 13.3. The summed E-state index contributed by atoms with van der Waals surface area (Å²) in [6.45, 7) is 7.07. The van der Waals surface area contributed by atoms with Gasteiger partial charge in [0, 0.05) is 50.3 Å². The van der Waals surface area contributed by atoms with E-state index >= 15 is 0 Å². The first-order valence-corrected chi connectivity index (χ1v) is 22.9.